The molecule has 0 bridgehead atoms. The molecule has 1 aliphatic rings. The molecule has 1 N–H and O–H groups in total. The van der Waals surface area contributed by atoms with E-state index in [1.807, 2.05) is 0 Å². The number of morpholine rings is 1. The molecular formula is C11H23N3O4S. The predicted molar refractivity (Wildman–Crippen MR) is 74.3 cm³/mol. The maximum atomic E-state index is 11.1. The lowest BCUT2D eigenvalue weighted by atomic mass is 10.3. The highest BCUT2D eigenvalue weighted by molar-refractivity contribution is 7.90. The van der Waals surface area contributed by atoms with Crippen LogP contribution in [0.5, 0.6) is 0 Å². The van der Waals surface area contributed by atoms with Gasteiger partial charge in [-0.1, -0.05) is 0 Å². The van der Waals surface area contributed by atoms with Gasteiger partial charge in [-0.2, -0.15) is 0 Å². The Bertz CT molecular complexity index is 395. The summed E-state index contributed by atoms with van der Waals surface area (Å²) in [6, 6.07) is 0. The van der Waals surface area contributed by atoms with Crippen LogP contribution in [0.3, 0.4) is 0 Å². The zero-order valence-corrected chi connectivity index (χ0v) is 12.6. The van der Waals surface area contributed by atoms with Gasteiger partial charge >= 0.3 is 0 Å². The van der Waals surface area contributed by atoms with Gasteiger partial charge in [-0.25, -0.2) is 8.42 Å². The molecule has 1 aliphatic heterocycles. The van der Waals surface area contributed by atoms with Gasteiger partial charge in [0.25, 0.3) is 0 Å². The molecule has 1 unspecified atom stereocenters. The SMILES string of the molecule is CN=C(NCCS(C)(=O)=O)N1CCOC(COC)C1. The third kappa shape index (κ3) is 6.22. The summed E-state index contributed by atoms with van der Waals surface area (Å²) in [5.41, 5.74) is 0. The quantitative estimate of drug-likeness (QED) is 0.515. The van der Waals surface area contributed by atoms with Gasteiger partial charge in [-0.15, -0.1) is 0 Å². The van der Waals surface area contributed by atoms with E-state index >= 15 is 0 Å². The lowest BCUT2D eigenvalue weighted by molar-refractivity contribution is -0.0447. The maximum Gasteiger partial charge on any atom is 0.193 e. The Morgan fingerprint density at radius 2 is 2.32 bits per heavy atom. The minimum Gasteiger partial charge on any atom is -0.382 e. The Balaban J connectivity index is 2.46. The van der Waals surface area contributed by atoms with E-state index in [0.29, 0.717) is 32.3 Å². The van der Waals surface area contributed by atoms with E-state index in [2.05, 4.69) is 15.2 Å². The number of nitrogens with one attached hydrogen (secondary N) is 1. The molecule has 0 aliphatic carbocycles. The monoisotopic (exact) mass is 293 g/mol. The van der Waals surface area contributed by atoms with Crippen LogP contribution in [0.2, 0.25) is 0 Å². The van der Waals surface area contributed by atoms with Crippen molar-refractivity contribution in [3.05, 3.63) is 0 Å². The zero-order chi connectivity index (χ0) is 14.3. The smallest absolute Gasteiger partial charge is 0.193 e. The van der Waals surface area contributed by atoms with E-state index in [4.69, 9.17) is 9.47 Å². The van der Waals surface area contributed by atoms with Crippen molar-refractivity contribution in [2.45, 2.75) is 6.10 Å². The van der Waals surface area contributed by atoms with Crippen LogP contribution in [0.1, 0.15) is 0 Å². The summed E-state index contributed by atoms with van der Waals surface area (Å²) in [4.78, 5) is 6.22. The number of guanidine groups is 1. The number of nitrogens with zero attached hydrogens (tertiary/aromatic N) is 2. The lowest BCUT2D eigenvalue weighted by Gasteiger charge is -2.34. The van der Waals surface area contributed by atoms with Crippen molar-refractivity contribution in [3.63, 3.8) is 0 Å². The van der Waals surface area contributed by atoms with Gasteiger partial charge in [0.2, 0.25) is 0 Å². The first-order chi connectivity index (χ1) is 8.96. The van der Waals surface area contributed by atoms with Gasteiger partial charge in [-0.3, -0.25) is 4.99 Å². The zero-order valence-electron chi connectivity index (χ0n) is 11.8. The Morgan fingerprint density at radius 3 is 2.89 bits per heavy atom. The van der Waals surface area contributed by atoms with E-state index in [1.165, 1.54) is 6.26 Å². The molecule has 0 saturated carbocycles. The first kappa shape index (κ1) is 16.2. The third-order valence-corrected chi connectivity index (χ3v) is 3.70. The van der Waals surface area contributed by atoms with E-state index in [0.717, 1.165) is 6.54 Å². The highest BCUT2D eigenvalue weighted by Crippen LogP contribution is 2.05. The van der Waals surface area contributed by atoms with E-state index in [1.54, 1.807) is 14.2 Å². The lowest BCUT2D eigenvalue weighted by Crippen LogP contribution is -2.52. The van der Waals surface area contributed by atoms with E-state index < -0.39 is 9.84 Å². The molecule has 0 aromatic carbocycles. The Labute approximate surface area is 114 Å². The summed E-state index contributed by atoms with van der Waals surface area (Å²) in [6.45, 7) is 2.93. The summed E-state index contributed by atoms with van der Waals surface area (Å²) >= 11 is 0. The van der Waals surface area contributed by atoms with Crippen molar-refractivity contribution < 1.29 is 17.9 Å². The summed E-state index contributed by atoms with van der Waals surface area (Å²) in [6.07, 6.45) is 1.24. The topological polar surface area (TPSA) is 80.2 Å². The van der Waals surface area contributed by atoms with Crippen LogP contribution in [-0.2, 0) is 19.3 Å². The summed E-state index contributed by atoms with van der Waals surface area (Å²) in [5.74, 6) is 0.797. The van der Waals surface area contributed by atoms with E-state index in [-0.39, 0.29) is 11.9 Å². The molecule has 8 heteroatoms. The molecule has 1 saturated heterocycles. The van der Waals surface area contributed by atoms with Crippen molar-refractivity contribution in [1.29, 1.82) is 0 Å². The van der Waals surface area contributed by atoms with Gasteiger partial charge < -0.3 is 19.7 Å². The molecule has 7 nitrogen and oxygen atoms in total. The average molecular weight is 293 g/mol. The number of aliphatic imine (C=N–C) groups is 1. The van der Waals surface area contributed by atoms with Gasteiger partial charge in [-0.05, 0) is 0 Å². The molecular weight excluding hydrogens is 270 g/mol. The second-order valence-corrected chi connectivity index (χ2v) is 6.76. The highest BCUT2D eigenvalue weighted by atomic mass is 32.2. The molecule has 0 spiro atoms. The maximum absolute atomic E-state index is 11.1. The highest BCUT2D eigenvalue weighted by Gasteiger charge is 2.22. The van der Waals surface area contributed by atoms with Gasteiger partial charge in [0.05, 0.1) is 25.1 Å². The van der Waals surface area contributed by atoms with Crippen molar-refractivity contribution >= 4 is 15.8 Å². The fraction of sp³-hybridized carbons (Fsp3) is 0.909. The van der Waals surface area contributed by atoms with Crippen LogP contribution in [-0.4, -0.2) is 84.4 Å². The Kier molecular flexibility index (Phi) is 6.53. The fourth-order valence-electron chi connectivity index (χ4n) is 1.88. The van der Waals surface area contributed by atoms with Crippen LogP contribution in [0.4, 0.5) is 0 Å². The molecule has 1 rings (SSSR count). The van der Waals surface area contributed by atoms with Gasteiger partial charge in [0.15, 0.2) is 5.96 Å². The minimum atomic E-state index is -2.96. The number of methoxy groups -OCH3 is 1. The molecule has 1 atom stereocenters. The minimum absolute atomic E-state index is 0.0206. The normalized spacial score (nSPS) is 21.5. The van der Waals surface area contributed by atoms with Crippen molar-refractivity contribution in [1.82, 2.24) is 10.2 Å². The van der Waals surface area contributed by atoms with E-state index in [9.17, 15) is 8.42 Å². The number of ether oxygens (including phenoxy) is 2. The second kappa shape index (κ2) is 7.66. The average Bonchev–Trinajstić information content (AvgIpc) is 2.34. The first-order valence-corrected chi connectivity index (χ1v) is 8.26. The molecule has 0 radical (unpaired) electrons. The van der Waals surface area contributed by atoms with Crippen LogP contribution in [0, 0.1) is 0 Å². The predicted octanol–water partition coefficient (Wildman–Crippen LogP) is -1.05. The van der Waals surface area contributed by atoms with Crippen LogP contribution in [0.25, 0.3) is 0 Å². The molecule has 0 aromatic heterocycles. The molecule has 19 heavy (non-hydrogen) atoms. The standard InChI is InChI=1S/C11H23N3O4S/c1-12-11(13-4-7-19(3,15)16)14-5-6-18-10(8-14)9-17-2/h10H,4-9H2,1-3H3,(H,12,13). The molecule has 1 heterocycles. The molecule has 0 aromatic rings. The van der Waals surface area contributed by atoms with Gasteiger partial charge in [0.1, 0.15) is 9.84 Å². The van der Waals surface area contributed by atoms with Crippen molar-refractivity contribution in [2.24, 2.45) is 4.99 Å². The van der Waals surface area contributed by atoms with Gasteiger partial charge in [0, 0.05) is 40.0 Å². The summed E-state index contributed by atoms with van der Waals surface area (Å²) in [5, 5.41) is 3.06. The Hall–Kier alpha value is -0.860. The third-order valence-electron chi connectivity index (χ3n) is 2.76. The Morgan fingerprint density at radius 1 is 1.58 bits per heavy atom. The largest absolute Gasteiger partial charge is 0.382 e. The van der Waals surface area contributed by atoms with Crippen molar-refractivity contribution in [3.8, 4) is 0 Å². The number of hydrogen-bond acceptors (Lipinski definition) is 5. The molecule has 1 fully saturated rings. The molecule has 112 valence electrons. The fourth-order valence-corrected chi connectivity index (χ4v) is 2.35. The number of rotatable bonds is 5. The van der Waals surface area contributed by atoms with Crippen LogP contribution >= 0.6 is 0 Å². The summed E-state index contributed by atoms with van der Waals surface area (Å²) < 4.78 is 32.8. The molecule has 0 amide bonds. The first-order valence-electron chi connectivity index (χ1n) is 6.20. The van der Waals surface area contributed by atoms with Crippen LogP contribution in [0.15, 0.2) is 4.99 Å². The van der Waals surface area contributed by atoms with Crippen LogP contribution < -0.4 is 5.32 Å². The summed E-state index contributed by atoms with van der Waals surface area (Å²) in [7, 11) is 0.366. The second-order valence-electron chi connectivity index (χ2n) is 4.50. The number of hydrogen-bond donors (Lipinski definition) is 1. The number of sulfone groups is 1. The van der Waals surface area contributed by atoms with Crippen molar-refractivity contribution in [2.75, 3.05) is 59.0 Å².